The molecule has 6 nitrogen and oxygen atoms in total. The van der Waals surface area contributed by atoms with Crippen molar-refractivity contribution >= 4 is 17.8 Å². The number of carbonyl (C=O) groups is 3. The van der Waals surface area contributed by atoms with Crippen molar-refractivity contribution in [1.82, 2.24) is 10.6 Å². The Bertz CT molecular complexity index is 394. The Hall–Kier alpha value is -1.59. The van der Waals surface area contributed by atoms with Crippen molar-refractivity contribution in [2.75, 3.05) is 13.1 Å². The fourth-order valence-electron chi connectivity index (χ4n) is 1.98. The molecule has 0 aromatic rings. The van der Waals surface area contributed by atoms with Crippen molar-refractivity contribution in [2.24, 2.45) is 10.8 Å². The number of rotatable bonds is 6. The molecule has 0 aromatic heterocycles. The summed E-state index contributed by atoms with van der Waals surface area (Å²) in [6.07, 6.45) is 2.29. The number of hydrogen-bond donors (Lipinski definition) is 3. The molecule has 1 rings (SSSR count). The van der Waals surface area contributed by atoms with Crippen LogP contribution in [0.1, 0.15) is 46.5 Å². The monoisotopic (exact) mass is 284 g/mol. The van der Waals surface area contributed by atoms with Crippen LogP contribution in [0.4, 0.5) is 0 Å². The number of carboxylic acid groups (broad SMARTS) is 1. The molecule has 2 amide bonds. The van der Waals surface area contributed by atoms with Crippen LogP contribution in [-0.4, -0.2) is 36.0 Å². The molecule has 0 bridgehead atoms. The molecule has 0 aromatic carbocycles. The van der Waals surface area contributed by atoms with E-state index in [9.17, 15) is 14.4 Å². The van der Waals surface area contributed by atoms with Crippen molar-refractivity contribution in [3.05, 3.63) is 0 Å². The molecule has 20 heavy (non-hydrogen) atoms. The predicted octanol–water partition coefficient (Wildman–Crippen LogP) is 0.910. The SMILES string of the molecule is CC(C)(C)C(=O)NCCC(=O)NCC1(C(=O)O)CCC1. The summed E-state index contributed by atoms with van der Waals surface area (Å²) in [4.78, 5) is 34.3. The van der Waals surface area contributed by atoms with Gasteiger partial charge in [0.05, 0.1) is 5.41 Å². The smallest absolute Gasteiger partial charge is 0.311 e. The van der Waals surface area contributed by atoms with Crippen molar-refractivity contribution in [1.29, 1.82) is 0 Å². The Labute approximate surface area is 119 Å². The number of carbonyl (C=O) groups excluding carboxylic acids is 2. The van der Waals surface area contributed by atoms with Gasteiger partial charge < -0.3 is 15.7 Å². The molecular formula is C14H24N2O4. The topological polar surface area (TPSA) is 95.5 Å². The van der Waals surface area contributed by atoms with Crippen LogP contribution in [0, 0.1) is 10.8 Å². The summed E-state index contributed by atoms with van der Waals surface area (Å²) in [5.74, 6) is -1.18. The van der Waals surface area contributed by atoms with E-state index in [0.29, 0.717) is 12.8 Å². The molecule has 1 fully saturated rings. The first-order valence-corrected chi connectivity index (χ1v) is 6.96. The van der Waals surface area contributed by atoms with E-state index in [1.807, 2.05) is 0 Å². The number of nitrogens with one attached hydrogen (secondary N) is 2. The number of carboxylic acids is 1. The lowest BCUT2D eigenvalue weighted by atomic mass is 9.69. The van der Waals surface area contributed by atoms with Gasteiger partial charge >= 0.3 is 5.97 Å². The first-order chi connectivity index (χ1) is 9.17. The predicted molar refractivity (Wildman–Crippen MR) is 74.0 cm³/mol. The second-order valence-corrected chi connectivity index (χ2v) is 6.47. The molecule has 1 aliphatic carbocycles. The van der Waals surface area contributed by atoms with Crippen molar-refractivity contribution in [2.45, 2.75) is 46.5 Å². The highest BCUT2D eigenvalue weighted by Gasteiger charge is 2.44. The van der Waals surface area contributed by atoms with Crippen LogP contribution in [0.15, 0.2) is 0 Å². The minimum absolute atomic E-state index is 0.105. The molecule has 3 N–H and O–H groups in total. The highest BCUT2D eigenvalue weighted by Crippen LogP contribution is 2.40. The summed E-state index contributed by atoms with van der Waals surface area (Å²) < 4.78 is 0. The maximum atomic E-state index is 11.6. The Balaban J connectivity index is 2.25. The molecule has 0 atom stereocenters. The van der Waals surface area contributed by atoms with Gasteiger partial charge in [-0.1, -0.05) is 27.2 Å². The Morgan fingerprint density at radius 2 is 1.75 bits per heavy atom. The van der Waals surface area contributed by atoms with Crippen LogP contribution in [0.25, 0.3) is 0 Å². The zero-order chi connectivity index (χ0) is 15.4. The average Bonchev–Trinajstić information content (AvgIpc) is 2.25. The van der Waals surface area contributed by atoms with Crippen molar-refractivity contribution in [3.8, 4) is 0 Å². The number of aliphatic carboxylic acids is 1. The average molecular weight is 284 g/mol. The molecule has 1 saturated carbocycles. The van der Waals surface area contributed by atoms with E-state index in [1.165, 1.54) is 0 Å². The van der Waals surface area contributed by atoms with Gasteiger partial charge in [-0.3, -0.25) is 14.4 Å². The zero-order valence-electron chi connectivity index (χ0n) is 12.4. The van der Waals surface area contributed by atoms with Gasteiger partial charge in [0.25, 0.3) is 0 Å². The fraction of sp³-hybridized carbons (Fsp3) is 0.786. The molecule has 0 saturated heterocycles. The molecule has 0 spiro atoms. The van der Waals surface area contributed by atoms with Crippen LogP contribution in [0.5, 0.6) is 0 Å². The second kappa shape index (κ2) is 6.24. The first kappa shape index (κ1) is 16.5. The molecule has 0 radical (unpaired) electrons. The van der Waals surface area contributed by atoms with Gasteiger partial charge in [-0.05, 0) is 12.8 Å². The van der Waals surface area contributed by atoms with E-state index in [0.717, 1.165) is 6.42 Å². The summed E-state index contributed by atoms with van der Waals surface area (Å²) in [7, 11) is 0. The van der Waals surface area contributed by atoms with Crippen molar-refractivity contribution < 1.29 is 19.5 Å². The van der Waals surface area contributed by atoms with Gasteiger partial charge in [0.15, 0.2) is 0 Å². The van der Waals surface area contributed by atoms with Gasteiger partial charge in [0, 0.05) is 24.9 Å². The molecule has 1 aliphatic rings. The number of hydrogen-bond acceptors (Lipinski definition) is 3. The van der Waals surface area contributed by atoms with Crippen LogP contribution in [-0.2, 0) is 14.4 Å². The van der Waals surface area contributed by atoms with Gasteiger partial charge in [0.1, 0.15) is 0 Å². The molecule has 0 aliphatic heterocycles. The fourth-order valence-corrected chi connectivity index (χ4v) is 1.98. The highest BCUT2D eigenvalue weighted by atomic mass is 16.4. The summed E-state index contributed by atoms with van der Waals surface area (Å²) in [5, 5.41) is 14.5. The molecule has 6 heteroatoms. The standard InChI is InChI=1S/C14H24N2O4/c1-13(2,3)11(18)15-8-5-10(17)16-9-14(12(19)20)6-4-7-14/h4-9H2,1-3H3,(H,15,18)(H,16,17)(H,19,20). The summed E-state index contributed by atoms with van der Waals surface area (Å²) in [6.45, 7) is 5.84. The lowest BCUT2D eigenvalue weighted by Gasteiger charge is -2.37. The quantitative estimate of drug-likeness (QED) is 0.675. The maximum Gasteiger partial charge on any atom is 0.311 e. The molecule has 0 heterocycles. The van der Waals surface area contributed by atoms with Gasteiger partial charge in [-0.2, -0.15) is 0 Å². The van der Waals surface area contributed by atoms with E-state index >= 15 is 0 Å². The van der Waals surface area contributed by atoms with Crippen molar-refractivity contribution in [3.63, 3.8) is 0 Å². The lowest BCUT2D eigenvalue weighted by Crippen LogP contribution is -2.48. The number of amides is 2. The summed E-state index contributed by atoms with van der Waals surface area (Å²) in [6, 6.07) is 0. The Kier molecular flexibility index (Phi) is 5.14. The van der Waals surface area contributed by atoms with Crippen LogP contribution >= 0.6 is 0 Å². The first-order valence-electron chi connectivity index (χ1n) is 6.96. The van der Waals surface area contributed by atoms with E-state index in [-0.39, 0.29) is 31.3 Å². The van der Waals surface area contributed by atoms with Gasteiger partial charge in [0.2, 0.25) is 11.8 Å². The third-order valence-electron chi connectivity index (χ3n) is 3.71. The van der Waals surface area contributed by atoms with E-state index in [4.69, 9.17) is 5.11 Å². The Morgan fingerprint density at radius 1 is 1.15 bits per heavy atom. The normalized spacial score (nSPS) is 16.9. The third-order valence-corrected chi connectivity index (χ3v) is 3.71. The van der Waals surface area contributed by atoms with Gasteiger partial charge in [-0.15, -0.1) is 0 Å². The third kappa shape index (κ3) is 4.21. The summed E-state index contributed by atoms with van der Waals surface area (Å²) in [5.41, 5.74) is -1.25. The summed E-state index contributed by atoms with van der Waals surface area (Å²) >= 11 is 0. The molecule has 114 valence electrons. The highest BCUT2D eigenvalue weighted by molar-refractivity contribution is 5.83. The van der Waals surface area contributed by atoms with E-state index < -0.39 is 16.8 Å². The lowest BCUT2D eigenvalue weighted by molar-refractivity contribution is -0.154. The minimum atomic E-state index is -0.843. The van der Waals surface area contributed by atoms with Crippen LogP contribution in [0.3, 0.4) is 0 Å². The second-order valence-electron chi connectivity index (χ2n) is 6.47. The molecular weight excluding hydrogens is 260 g/mol. The van der Waals surface area contributed by atoms with Crippen LogP contribution in [0.2, 0.25) is 0 Å². The van der Waals surface area contributed by atoms with Crippen LogP contribution < -0.4 is 10.6 Å². The maximum absolute atomic E-state index is 11.6. The minimum Gasteiger partial charge on any atom is -0.481 e. The van der Waals surface area contributed by atoms with E-state index in [1.54, 1.807) is 20.8 Å². The molecule has 0 unspecified atom stereocenters. The van der Waals surface area contributed by atoms with E-state index in [2.05, 4.69) is 10.6 Å². The zero-order valence-corrected chi connectivity index (χ0v) is 12.4. The largest absolute Gasteiger partial charge is 0.481 e. The van der Waals surface area contributed by atoms with Gasteiger partial charge in [-0.25, -0.2) is 0 Å². The Morgan fingerprint density at radius 3 is 2.15 bits per heavy atom.